The minimum atomic E-state index is 0.242. The lowest BCUT2D eigenvalue weighted by Crippen LogP contribution is -2.42. The summed E-state index contributed by atoms with van der Waals surface area (Å²) in [5, 5.41) is 3.98. The Bertz CT molecular complexity index is 128. The summed E-state index contributed by atoms with van der Waals surface area (Å²) in [6.45, 7) is 6.61. The maximum Gasteiger partial charge on any atom is 0.0351 e. The quantitative estimate of drug-likeness (QED) is 0.604. The van der Waals surface area contributed by atoms with Crippen LogP contribution in [0.15, 0.2) is 0 Å². The van der Waals surface area contributed by atoms with Gasteiger partial charge < -0.3 is 5.32 Å². The molecule has 1 fully saturated rings. The average Bonchev–Trinajstić information content (AvgIpc) is 2.10. The molecule has 66 valence electrons. The van der Waals surface area contributed by atoms with Gasteiger partial charge in [-0.2, -0.15) is 0 Å². The first kappa shape index (κ1) is 9.34. The van der Waals surface area contributed by atoms with Crippen molar-refractivity contribution in [3.63, 3.8) is 0 Å². The van der Waals surface area contributed by atoms with Gasteiger partial charge in [0.15, 0.2) is 0 Å². The van der Waals surface area contributed by atoms with Crippen molar-refractivity contribution >= 4 is 11.6 Å². The second-order valence-electron chi connectivity index (χ2n) is 4.50. The molecule has 1 N–H and O–H groups in total. The van der Waals surface area contributed by atoms with Gasteiger partial charge >= 0.3 is 0 Å². The third kappa shape index (κ3) is 3.44. The number of rotatable bonds is 1. The third-order valence-corrected chi connectivity index (χ3v) is 2.40. The minimum absolute atomic E-state index is 0.242. The highest BCUT2D eigenvalue weighted by molar-refractivity contribution is 6.20. The van der Waals surface area contributed by atoms with Crippen molar-refractivity contribution in [2.45, 2.75) is 57.0 Å². The monoisotopic (exact) mass is 175 g/mol. The number of halogens is 1. The van der Waals surface area contributed by atoms with Gasteiger partial charge in [0.05, 0.1) is 0 Å². The Labute approximate surface area is 74.5 Å². The van der Waals surface area contributed by atoms with E-state index in [1.165, 1.54) is 12.8 Å². The highest BCUT2D eigenvalue weighted by atomic mass is 35.5. The summed E-state index contributed by atoms with van der Waals surface area (Å²) < 4.78 is 0. The van der Waals surface area contributed by atoms with Crippen LogP contribution in [-0.2, 0) is 0 Å². The van der Waals surface area contributed by atoms with Gasteiger partial charge in [-0.05, 0) is 40.0 Å². The largest absolute Gasteiger partial charge is 0.309 e. The van der Waals surface area contributed by atoms with Crippen LogP contribution in [0.25, 0.3) is 0 Å². The Morgan fingerprint density at radius 3 is 2.27 bits per heavy atom. The van der Waals surface area contributed by atoms with Crippen LogP contribution in [0.5, 0.6) is 0 Å². The number of alkyl halides is 1. The van der Waals surface area contributed by atoms with E-state index in [0.29, 0.717) is 11.4 Å². The summed E-state index contributed by atoms with van der Waals surface area (Å²) in [5.74, 6) is 0. The summed E-state index contributed by atoms with van der Waals surface area (Å²) in [4.78, 5) is 0. The van der Waals surface area contributed by atoms with E-state index in [2.05, 4.69) is 26.1 Å². The standard InChI is InChI=1S/C9H18ClN/c1-9(2,3)11-8-5-4-7(10)6-8/h7-8,11H,4-6H2,1-3H3. The Kier molecular flexibility index (Phi) is 2.82. The van der Waals surface area contributed by atoms with Gasteiger partial charge in [0, 0.05) is 17.0 Å². The van der Waals surface area contributed by atoms with Crippen molar-refractivity contribution in [1.82, 2.24) is 5.32 Å². The maximum absolute atomic E-state index is 6.00. The van der Waals surface area contributed by atoms with E-state index in [4.69, 9.17) is 11.6 Å². The fourth-order valence-electron chi connectivity index (χ4n) is 1.67. The smallest absolute Gasteiger partial charge is 0.0351 e. The molecule has 0 amide bonds. The van der Waals surface area contributed by atoms with Crippen molar-refractivity contribution in [1.29, 1.82) is 0 Å². The molecule has 1 saturated carbocycles. The van der Waals surface area contributed by atoms with Crippen LogP contribution in [0.1, 0.15) is 40.0 Å². The highest BCUT2D eigenvalue weighted by Crippen LogP contribution is 2.25. The normalized spacial score (nSPS) is 32.7. The molecule has 0 aromatic rings. The molecule has 1 aliphatic carbocycles. The third-order valence-electron chi connectivity index (χ3n) is 2.01. The average molecular weight is 176 g/mol. The predicted molar refractivity (Wildman–Crippen MR) is 50.2 cm³/mol. The zero-order chi connectivity index (χ0) is 8.48. The lowest BCUT2D eigenvalue weighted by molar-refractivity contribution is 0.361. The molecule has 2 unspecified atom stereocenters. The molecule has 0 aromatic heterocycles. The molecule has 0 bridgehead atoms. The van der Waals surface area contributed by atoms with Crippen molar-refractivity contribution in [2.75, 3.05) is 0 Å². The number of hydrogen-bond acceptors (Lipinski definition) is 1. The Morgan fingerprint density at radius 1 is 1.27 bits per heavy atom. The van der Waals surface area contributed by atoms with Crippen molar-refractivity contribution < 1.29 is 0 Å². The number of hydrogen-bond donors (Lipinski definition) is 1. The van der Waals surface area contributed by atoms with E-state index in [1.54, 1.807) is 0 Å². The maximum atomic E-state index is 6.00. The highest BCUT2D eigenvalue weighted by Gasteiger charge is 2.25. The van der Waals surface area contributed by atoms with E-state index in [-0.39, 0.29) is 5.54 Å². The fourth-order valence-corrected chi connectivity index (χ4v) is 2.01. The Hall–Kier alpha value is 0.250. The molecule has 1 aliphatic rings. The van der Waals surface area contributed by atoms with Gasteiger partial charge in [-0.3, -0.25) is 0 Å². The molecule has 0 aromatic carbocycles. The van der Waals surface area contributed by atoms with Gasteiger partial charge in [0.2, 0.25) is 0 Å². The van der Waals surface area contributed by atoms with Crippen LogP contribution in [0, 0.1) is 0 Å². The molecular weight excluding hydrogens is 158 g/mol. The van der Waals surface area contributed by atoms with Crippen LogP contribution in [0.3, 0.4) is 0 Å². The molecule has 11 heavy (non-hydrogen) atoms. The van der Waals surface area contributed by atoms with Crippen LogP contribution in [0.4, 0.5) is 0 Å². The summed E-state index contributed by atoms with van der Waals surface area (Å²) >= 11 is 6.00. The van der Waals surface area contributed by atoms with Crippen molar-refractivity contribution in [3.8, 4) is 0 Å². The van der Waals surface area contributed by atoms with Crippen molar-refractivity contribution in [3.05, 3.63) is 0 Å². The molecule has 0 radical (unpaired) electrons. The van der Waals surface area contributed by atoms with Crippen LogP contribution in [-0.4, -0.2) is 17.0 Å². The zero-order valence-electron chi connectivity index (χ0n) is 7.65. The summed E-state index contributed by atoms with van der Waals surface area (Å²) in [7, 11) is 0. The van der Waals surface area contributed by atoms with Gasteiger partial charge in [-0.1, -0.05) is 0 Å². The second-order valence-corrected chi connectivity index (χ2v) is 5.12. The first-order chi connectivity index (χ1) is 4.97. The minimum Gasteiger partial charge on any atom is -0.309 e. The molecular formula is C9H18ClN. The lowest BCUT2D eigenvalue weighted by atomic mass is 10.1. The Morgan fingerprint density at radius 2 is 1.91 bits per heavy atom. The molecule has 2 heteroatoms. The summed E-state index contributed by atoms with van der Waals surface area (Å²) in [6.07, 6.45) is 3.56. The van der Waals surface area contributed by atoms with Gasteiger partial charge in [-0.15, -0.1) is 11.6 Å². The molecule has 2 atom stereocenters. The van der Waals surface area contributed by atoms with Crippen LogP contribution < -0.4 is 5.32 Å². The zero-order valence-corrected chi connectivity index (χ0v) is 8.41. The van der Waals surface area contributed by atoms with Gasteiger partial charge in [-0.25, -0.2) is 0 Å². The van der Waals surface area contributed by atoms with E-state index in [9.17, 15) is 0 Å². The second kappa shape index (κ2) is 3.32. The van der Waals surface area contributed by atoms with E-state index in [0.717, 1.165) is 6.42 Å². The van der Waals surface area contributed by atoms with Crippen LogP contribution >= 0.6 is 11.6 Å². The molecule has 0 spiro atoms. The predicted octanol–water partition coefficient (Wildman–Crippen LogP) is 2.53. The molecule has 0 aliphatic heterocycles. The molecule has 1 rings (SSSR count). The molecule has 0 saturated heterocycles. The van der Waals surface area contributed by atoms with E-state index in [1.807, 2.05) is 0 Å². The fraction of sp³-hybridized carbons (Fsp3) is 1.00. The van der Waals surface area contributed by atoms with Gasteiger partial charge in [0.25, 0.3) is 0 Å². The van der Waals surface area contributed by atoms with Crippen LogP contribution in [0.2, 0.25) is 0 Å². The lowest BCUT2D eigenvalue weighted by Gasteiger charge is -2.25. The SMILES string of the molecule is CC(C)(C)NC1CCC(Cl)C1. The van der Waals surface area contributed by atoms with Gasteiger partial charge in [0.1, 0.15) is 0 Å². The Balaban J connectivity index is 2.29. The first-order valence-electron chi connectivity index (χ1n) is 4.39. The first-order valence-corrected chi connectivity index (χ1v) is 4.83. The van der Waals surface area contributed by atoms with E-state index < -0.39 is 0 Å². The van der Waals surface area contributed by atoms with E-state index >= 15 is 0 Å². The summed E-state index contributed by atoms with van der Waals surface area (Å²) in [6, 6.07) is 0.650. The molecule has 0 heterocycles. The number of nitrogens with one attached hydrogen (secondary N) is 1. The summed E-state index contributed by atoms with van der Waals surface area (Å²) in [5.41, 5.74) is 0.242. The van der Waals surface area contributed by atoms with Crippen molar-refractivity contribution in [2.24, 2.45) is 0 Å². The molecule has 1 nitrogen and oxygen atoms in total. The topological polar surface area (TPSA) is 12.0 Å².